The maximum atomic E-state index is 6.79. The molecule has 0 saturated heterocycles. The first-order valence-electron chi connectivity index (χ1n) is 11.4. The van der Waals surface area contributed by atoms with Gasteiger partial charge >= 0.3 is 0 Å². The van der Waals surface area contributed by atoms with Gasteiger partial charge in [-0.25, -0.2) is 0 Å². The molecule has 0 aliphatic rings. The summed E-state index contributed by atoms with van der Waals surface area (Å²) < 4.78 is 1.13. The average molecular weight is 516 g/mol. The highest BCUT2D eigenvalue weighted by Gasteiger charge is 2.25. The second-order valence-corrected chi connectivity index (χ2v) is 10.4. The minimum Gasteiger partial charge on any atom is -0.0843 e. The number of hydrogen-bond acceptors (Lipinski definition) is 0. The van der Waals surface area contributed by atoms with Gasteiger partial charge in [0.1, 0.15) is 0 Å². The van der Waals surface area contributed by atoms with Crippen molar-refractivity contribution in [2.75, 3.05) is 0 Å². The lowest BCUT2D eigenvalue weighted by atomic mass is 9.90. The molecule has 0 radical (unpaired) electrons. The normalized spacial score (nSPS) is 12.4. The van der Waals surface area contributed by atoms with Crippen molar-refractivity contribution in [2.45, 2.75) is 0 Å². The quantitative estimate of drug-likeness (QED) is 0.204. The third kappa shape index (κ3) is 2.24. The number of fused-ring (bicyclic) bond motifs is 7. The van der Waals surface area contributed by atoms with E-state index >= 15 is 0 Å². The minimum atomic E-state index is 0.777. The summed E-state index contributed by atoms with van der Waals surface area (Å²) in [4.78, 5) is 0. The van der Waals surface area contributed by atoms with Crippen LogP contribution in [0.2, 0.25) is 5.02 Å². The Morgan fingerprint density at radius 3 is 1.94 bits per heavy atom. The van der Waals surface area contributed by atoms with Gasteiger partial charge in [-0.2, -0.15) is 0 Å². The fraction of sp³-hybridized carbons (Fsp3) is 0. The van der Waals surface area contributed by atoms with Gasteiger partial charge in [0, 0.05) is 9.50 Å². The van der Waals surface area contributed by atoms with Gasteiger partial charge in [0.05, 0.1) is 0 Å². The largest absolute Gasteiger partial charge is 0.0843 e. The summed E-state index contributed by atoms with van der Waals surface area (Å²) in [5, 5.41) is 16.3. The van der Waals surface area contributed by atoms with Crippen molar-refractivity contribution in [2.24, 2.45) is 0 Å². The zero-order chi connectivity index (χ0) is 22.6. The topological polar surface area (TPSA) is 0 Å². The summed E-state index contributed by atoms with van der Waals surface area (Å²) in [5.74, 6) is 0. The van der Waals surface area contributed by atoms with E-state index in [9.17, 15) is 0 Å². The maximum Gasteiger partial charge on any atom is 0.0418 e. The van der Waals surface area contributed by atoms with Gasteiger partial charge in [0.2, 0.25) is 0 Å². The third-order valence-corrected chi connectivity index (χ3v) is 8.36. The van der Waals surface area contributed by atoms with E-state index < -0.39 is 0 Å². The highest BCUT2D eigenvalue weighted by molar-refractivity contribution is 9.10. The second-order valence-electron chi connectivity index (χ2n) is 9.11. The lowest BCUT2D eigenvalue weighted by molar-refractivity contribution is 1.69. The van der Waals surface area contributed by atoms with E-state index in [1.807, 2.05) is 0 Å². The van der Waals surface area contributed by atoms with Crippen molar-refractivity contribution in [1.29, 1.82) is 0 Å². The van der Waals surface area contributed by atoms with Gasteiger partial charge in [-0.1, -0.05) is 106 Å². The molecule has 158 valence electrons. The van der Waals surface area contributed by atoms with Gasteiger partial charge < -0.3 is 0 Å². The smallest absolute Gasteiger partial charge is 0.0418 e. The van der Waals surface area contributed by atoms with E-state index in [0.29, 0.717) is 0 Å². The highest BCUT2D eigenvalue weighted by atomic mass is 79.9. The van der Waals surface area contributed by atoms with Crippen molar-refractivity contribution < 1.29 is 0 Å². The van der Waals surface area contributed by atoms with Gasteiger partial charge in [-0.05, 0) is 94.0 Å². The summed E-state index contributed by atoms with van der Waals surface area (Å²) in [6, 6.07) is 35.0. The van der Waals surface area contributed by atoms with Crippen LogP contribution in [0.5, 0.6) is 0 Å². The van der Waals surface area contributed by atoms with E-state index in [0.717, 1.165) is 9.50 Å². The van der Waals surface area contributed by atoms with Crippen LogP contribution in [0, 0.1) is 0 Å². The first kappa shape index (κ1) is 19.0. The maximum absolute atomic E-state index is 6.79. The molecule has 0 nitrogen and oxygen atoms in total. The standard InChI is InChI=1S/C32H16BrCl/c33-26-14-13-23-28-21(26)11-6-12-22(28)32-30-20-10-5-4-9-19(20)24-15-18(34)16-25(29(24)30)27(31(23)32)17-7-2-1-3-8-17/h1-16H. The molecule has 0 heterocycles. The lowest BCUT2D eigenvalue weighted by Crippen LogP contribution is -1.85. The van der Waals surface area contributed by atoms with Crippen LogP contribution in [0.25, 0.3) is 75.8 Å². The SMILES string of the molecule is Clc1cc2c(-c3ccccc3)c3c4ccc(Br)c5cccc(c54)c3c3c4ccccc4c(c1)c23. The number of rotatable bonds is 1. The number of hydrogen-bond donors (Lipinski definition) is 0. The molecular formula is C32H16BrCl. The van der Waals surface area contributed by atoms with E-state index in [2.05, 4.69) is 113 Å². The lowest BCUT2D eigenvalue weighted by Gasteiger charge is -2.13. The van der Waals surface area contributed by atoms with Crippen LogP contribution >= 0.6 is 27.5 Å². The Labute approximate surface area is 209 Å². The minimum absolute atomic E-state index is 0.777. The van der Waals surface area contributed by atoms with Crippen molar-refractivity contribution in [3.05, 3.63) is 107 Å². The Bertz CT molecular complexity index is 2070. The fourth-order valence-corrected chi connectivity index (χ4v) is 6.91. The summed E-state index contributed by atoms with van der Waals surface area (Å²) in [6.45, 7) is 0. The molecule has 8 rings (SSSR count). The zero-order valence-electron chi connectivity index (χ0n) is 18.0. The molecule has 0 atom stereocenters. The Balaban J connectivity index is 1.84. The van der Waals surface area contributed by atoms with E-state index in [4.69, 9.17) is 11.6 Å². The summed E-state index contributed by atoms with van der Waals surface area (Å²) in [6.07, 6.45) is 0. The van der Waals surface area contributed by atoms with Gasteiger partial charge in [0.25, 0.3) is 0 Å². The molecule has 2 heteroatoms. The summed E-state index contributed by atoms with van der Waals surface area (Å²) in [5.41, 5.74) is 2.49. The Morgan fingerprint density at radius 2 is 1.09 bits per heavy atom. The molecule has 0 aromatic heterocycles. The van der Waals surface area contributed by atoms with Crippen LogP contribution < -0.4 is 0 Å². The Hall–Kier alpha value is -3.39. The Morgan fingerprint density at radius 1 is 0.441 bits per heavy atom. The van der Waals surface area contributed by atoms with Gasteiger partial charge in [-0.3, -0.25) is 0 Å². The van der Waals surface area contributed by atoms with Crippen LogP contribution in [0.3, 0.4) is 0 Å². The van der Waals surface area contributed by atoms with Crippen LogP contribution in [-0.4, -0.2) is 0 Å². The Kier molecular flexibility index (Phi) is 3.68. The third-order valence-electron chi connectivity index (χ3n) is 7.45. The molecule has 0 amide bonds. The van der Waals surface area contributed by atoms with E-state index in [1.54, 1.807) is 0 Å². The fourth-order valence-electron chi connectivity index (χ4n) is 6.23. The molecule has 0 aliphatic carbocycles. The molecule has 0 saturated carbocycles. The number of benzene rings is 6. The van der Waals surface area contributed by atoms with Crippen LogP contribution in [0.15, 0.2) is 102 Å². The van der Waals surface area contributed by atoms with Crippen LogP contribution in [-0.2, 0) is 0 Å². The van der Waals surface area contributed by atoms with Crippen molar-refractivity contribution >= 4 is 92.2 Å². The molecule has 0 bridgehead atoms. The average Bonchev–Trinajstić information content (AvgIpc) is 3.37. The molecular weight excluding hydrogens is 500 g/mol. The monoisotopic (exact) mass is 514 g/mol. The van der Waals surface area contributed by atoms with Crippen LogP contribution in [0.1, 0.15) is 0 Å². The predicted octanol–water partition coefficient (Wildman–Crippen LogP) is 10.6. The highest BCUT2D eigenvalue weighted by Crippen LogP contribution is 2.53. The van der Waals surface area contributed by atoms with Gasteiger partial charge in [-0.15, -0.1) is 0 Å². The summed E-state index contributed by atoms with van der Waals surface area (Å²) >= 11 is 10.6. The zero-order valence-corrected chi connectivity index (χ0v) is 20.3. The molecule has 0 N–H and O–H groups in total. The van der Waals surface area contributed by atoms with Gasteiger partial charge in [0.15, 0.2) is 0 Å². The first-order valence-corrected chi connectivity index (χ1v) is 12.6. The molecule has 0 aliphatic heterocycles. The second kappa shape index (κ2) is 6.60. The van der Waals surface area contributed by atoms with Crippen molar-refractivity contribution in [3.8, 4) is 11.1 Å². The molecule has 8 aromatic rings. The van der Waals surface area contributed by atoms with E-state index in [1.165, 1.54) is 75.8 Å². The van der Waals surface area contributed by atoms with Crippen LogP contribution in [0.4, 0.5) is 0 Å². The first-order chi connectivity index (χ1) is 16.7. The molecule has 0 unspecified atom stereocenters. The number of halogens is 2. The van der Waals surface area contributed by atoms with E-state index in [-0.39, 0.29) is 0 Å². The molecule has 0 spiro atoms. The van der Waals surface area contributed by atoms with Crippen molar-refractivity contribution in [3.63, 3.8) is 0 Å². The molecule has 34 heavy (non-hydrogen) atoms. The predicted molar refractivity (Wildman–Crippen MR) is 152 cm³/mol. The molecule has 8 aromatic carbocycles. The molecule has 0 fully saturated rings. The summed E-state index contributed by atoms with van der Waals surface area (Å²) in [7, 11) is 0. The van der Waals surface area contributed by atoms with Crippen molar-refractivity contribution in [1.82, 2.24) is 0 Å².